The van der Waals surface area contributed by atoms with Crippen molar-refractivity contribution < 1.29 is 9.90 Å². The van der Waals surface area contributed by atoms with Crippen LogP contribution in [0.4, 0.5) is 10.9 Å². The van der Waals surface area contributed by atoms with Crippen LogP contribution in [0.25, 0.3) is 0 Å². The first-order chi connectivity index (χ1) is 8.49. The lowest BCUT2D eigenvalue weighted by molar-refractivity contribution is 0.0921. The number of nitrogen functional groups attached to an aromatic ring is 1. The summed E-state index contributed by atoms with van der Waals surface area (Å²) in [7, 11) is 0. The quantitative estimate of drug-likeness (QED) is 0.616. The van der Waals surface area contributed by atoms with Crippen LogP contribution in [0.5, 0.6) is 0 Å². The van der Waals surface area contributed by atoms with Gasteiger partial charge in [-0.25, -0.2) is 4.98 Å². The van der Waals surface area contributed by atoms with E-state index in [2.05, 4.69) is 15.6 Å². The molecular weight excluding hydrogens is 252 g/mol. The van der Waals surface area contributed by atoms with E-state index in [0.29, 0.717) is 10.0 Å². The number of aromatic nitrogens is 1. The summed E-state index contributed by atoms with van der Waals surface area (Å²) in [4.78, 5) is 16.5. The zero-order chi connectivity index (χ0) is 13.7. The molecule has 1 heterocycles. The number of hydrogen-bond donors (Lipinski definition) is 4. The lowest BCUT2D eigenvalue weighted by Crippen LogP contribution is -2.38. The van der Waals surface area contributed by atoms with E-state index in [0.717, 1.165) is 6.54 Å². The van der Waals surface area contributed by atoms with Crippen LogP contribution in [0.1, 0.15) is 30.4 Å². The molecule has 6 nitrogen and oxygen atoms in total. The third-order valence-electron chi connectivity index (χ3n) is 2.69. The maximum atomic E-state index is 12.0. The van der Waals surface area contributed by atoms with Crippen LogP contribution >= 0.6 is 11.3 Å². The van der Waals surface area contributed by atoms with Crippen molar-refractivity contribution in [2.45, 2.75) is 26.8 Å². The molecule has 7 heteroatoms. The van der Waals surface area contributed by atoms with Crippen molar-refractivity contribution in [1.82, 2.24) is 10.3 Å². The third-order valence-corrected chi connectivity index (χ3v) is 3.72. The van der Waals surface area contributed by atoms with Gasteiger partial charge < -0.3 is 21.5 Å². The zero-order valence-corrected chi connectivity index (χ0v) is 11.7. The molecule has 102 valence electrons. The van der Waals surface area contributed by atoms with E-state index in [4.69, 9.17) is 10.8 Å². The average Bonchev–Trinajstić information content (AvgIpc) is 2.69. The summed E-state index contributed by atoms with van der Waals surface area (Å²) >= 11 is 1.23. The van der Waals surface area contributed by atoms with Crippen molar-refractivity contribution in [3.8, 4) is 0 Å². The number of amides is 1. The van der Waals surface area contributed by atoms with Crippen molar-refractivity contribution in [1.29, 1.82) is 0 Å². The number of carbonyl (C=O) groups excluding carboxylic acids is 1. The SMILES string of the molecule is CCNc1nc(N)c(C(=O)NC(C)C(C)CO)s1. The molecule has 1 aromatic heterocycles. The van der Waals surface area contributed by atoms with Crippen LogP contribution < -0.4 is 16.4 Å². The van der Waals surface area contributed by atoms with Crippen molar-refractivity contribution in [3.63, 3.8) is 0 Å². The Morgan fingerprint density at radius 2 is 2.22 bits per heavy atom. The molecule has 1 amide bonds. The molecular formula is C11H20N4O2S. The highest BCUT2D eigenvalue weighted by Gasteiger charge is 2.20. The summed E-state index contributed by atoms with van der Waals surface area (Å²) in [5.41, 5.74) is 5.71. The van der Waals surface area contributed by atoms with Crippen molar-refractivity contribution >= 4 is 28.2 Å². The van der Waals surface area contributed by atoms with E-state index < -0.39 is 0 Å². The van der Waals surface area contributed by atoms with Gasteiger partial charge in [-0.2, -0.15) is 0 Å². The molecule has 0 saturated heterocycles. The Morgan fingerprint density at radius 3 is 2.78 bits per heavy atom. The highest BCUT2D eigenvalue weighted by atomic mass is 32.1. The molecule has 0 aliphatic heterocycles. The van der Waals surface area contributed by atoms with Crippen LogP contribution in [-0.4, -0.2) is 35.2 Å². The number of nitrogens with one attached hydrogen (secondary N) is 2. The third kappa shape index (κ3) is 3.58. The molecule has 2 unspecified atom stereocenters. The number of thiazole rings is 1. The largest absolute Gasteiger partial charge is 0.396 e. The van der Waals surface area contributed by atoms with Gasteiger partial charge in [0.2, 0.25) is 0 Å². The van der Waals surface area contributed by atoms with Gasteiger partial charge in [0.25, 0.3) is 5.91 Å². The number of hydrogen-bond acceptors (Lipinski definition) is 6. The van der Waals surface area contributed by atoms with Gasteiger partial charge in [0.05, 0.1) is 0 Å². The van der Waals surface area contributed by atoms with Gasteiger partial charge in [0.15, 0.2) is 5.13 Å². The van der Waals surface area contributed by atoms with Gasteiger partial charge in [-0.15, -0.1) is 0 Å². The van der Waals surface area contributed by atoms with Crippen LogP contribution in [0.3, 0.4) is 0 Å². The Morgan fingerprint density at radius 1 is 1.56 bits per heavy atom. The highest BCUT2D eigenvalue weighted by molar-refractivity contribution is 7.18. The summed E-state index contributed by atoms with van der Waals surface area (Å²) in [6.07, 6.45) is 0. The number of nitrogens with two attached hydrogens (primary N) is 1. The zero-order valence-electron chi connectivity index (χ0n) is 10.9. The van der Waals surface area contributed by atoms with Crippen LogP contribution in [-0.2, 0) is 0 Å². The lowest BCUT2D eigenvalue weighted by Gasteiger charge is -2.18. The van der Waals surface area contributed by atoms with Crippen LogP contribution in [0, 0.1) is 5.92 Å². The maximum Gasteiger partial charge on any atom is 0.265 e. The Balaban J connectivity index is 2.72. The van der Waals surface area contributed by atoms with Gasteiger partial charge in [0.1, 0.15) is 10.7 Å². The minimum absolute atomic E-state index is 0.00340. The highest BCUT2D eigenvalue weighted by Crippen LogP contribution is 2.24. The minimum Gasteiger partial charge on any atom is -0.396 e. The Kier molecular flexibility index (Phi) is 5.36. The van der Waals surface area contributed by atoms with E-state index in [9.17, 15) is 4.79 Å². The molecule has 1 aromatic rings. The second-order valence-electron chi connectivity index (χ2n) is 4.19. The molecule has 0 aliphatic rings. The second-order valence-corrected chi connectivity index (χ2v) is 5.18. The molecule has 0 bridgehead atoms. The molecule has 18 heavy (non-hydrogen) atoms. The second kappa shape index (κ2) is 6.55. The van der Waals surface area contributed by atoms with Gasteiger partial charge in [0, 0.05) is 19.2 Å². The van der Waals surface area contributed by atoms with Crippen molar-refractivity contribution in [3.05, 3.63) is 4.88 Å². The summed E-state index contributed by atoms with van der Waals surface area (Å²) in [6.45, 7) is 6.42. The fourth-order valence-corrected chi connectivity index (χ4v) is 2.15. The minimum atomic E-state index is -0.248. The van der Waals surface area contributed by atoms with E-state index in [1.165, 1.54) is 11.3 Å². The molecule has 1 rings (SSSR count). The fraction of sp³-hybridized carbons (Fsp3) is 0.636. The first-order valence-corrected chi connectivity index (χ1v) is 6.73. The van der Waals surface area contributed by atoms with E-state index in [-0.39, 0.29) is 30.3 Å². The first-order valence-electron chi connectivity index (χ1n) is 5.91. The number of aliphatic hydroxyl groups excluding tert-OH is 1. The summed E-state index contributed by atoms with van der Waals surface area (Å²) < 4.78 is 0. The summed E-state index contributed by atoms with van der Waals surface area (Å²) in [5, 5.41) is 15.5. The summed E-state index contributed by atoms with van der Waals surface area (Å²) in [5.74, 6) is -0.0180. The molecule has 5 N–H and O–H groups in total. The number of carbonyl (C=O) groups is 1. The normalized spacial score (nSPS) is 14.0. The van der Waals surface area contributed by atoms with Gasteiger partial charge in [-0.1, -0.05) is 18.3 Å². The average molecular weight is 272 g/mol. The monoisotopic (exact) mass is 272 g/mol. The van der Waals surface area contributed by atoms with E-state index in [1.807, 2.05) is 20.8 Å². The van der Waals surface area contributed by atoms with Crippen LogP contribution in [0.15, 0.2) is 0 Å². The van der Waals surface area contributed by atoms with Crippen molar-refractivity contribution in [2.24, 2.45) is 5.92 Å². The number of rotatable bonds is 6. The lowest BCUT2D eigenvalue weighted by atomic mass is 10.1. The van der Waals surface area contributed by atoms with E-state index in [1.54, 1.807) is 0 Å². The standard InChI is InChI=1S/C11H20N4O2S/c1-4-13-11-15-9(12)8(18-11)10(17)14-7(3)6(2)5-16/h6-7,16H,4-5,12H2,1-3H3,(H,13,15)(H,14,17). The van der Waals surface area contributed by atoms with E-state index >= 15 is 0 Å². The number of anilines is 2. The molecule has 0 spiro atoms. The molecule has 0 aromatic carbocycles. The molecule has 0 radical (unpaired) electrons. The number of nitrogens with zero attached hydrogens (tertiary/aromatic N) is 1. The molecule has 2 atom stereocenters. The van der Waals surface area contributed by atoms with Crippen molar-refractivity contribution in [2.75, 3.05) is 24.2 Å². The molecule has 0 saturated carbocycles. The fourth-order valence-electron chi connectivity index (χ4n) is 1.29. The first kappa shape index (κ1) is 14.7. The molecule has 0 aliphatic carbocycles. The smallest absolute Gasteiger partial charge is 0.265 e. The Bertz CT molecular complexity index is 408. The predicted molar refractivity (Wildman–Crippen MR) is 73.9 cm³/mol. The van der Waals surface area contributed by atoms with Crippen LogP contribution in [0.2, 0.25) is 0 Å². The maximum absolute atomic E-state index is 12.0. The Hall–Kier alpha value is -1.34. The van der Waals surface area contributed by atoms with Gasteiger partial charge in [-0.05, 0) is 19.8 Å². The predicted octanol–water partition coefficient (Wildman–Crippen LogP) is 0.904. The van der Waals surface area contributed by atoms with Gasteiger partial charge in [-0.3, -0.25) is 4.79 Å². The summed E-state index contributed by atoms with van der Waals surface area (Å²) in [6, 6.07) is -0.119. The van der Waals surface area contributed by atoms with Gasteiger partial charge >= 0.3 is 0 Å². The topological polar surface area (TPSA) is 100 Å². The molecule has 0 fully saturated rings. The Labute approximate surface area is 111 Å². The number of aliphatic hydroxyl groups is 1.